The van der Waals surface area contributed by atoms with Gasteiger partial charge in [-0.05, 0) is 49.7 Å². The summed E-state index contributed by atoms with van der Waals surface area (Å²) in [7, 11) is 0. The predicted octanol–water partition coefficient (Wildman–Crippen LogP) is 3.33. The van der Waals surface area contributed by atoms with Gasteiger partial charge in [0.25, 0.3) is 0 Å². The fourth-order valence-electron chi connectivity index (χ4n) is 3.46. The highest BCUT2D eigenvalue weighted by molar-refractivity contribution is 5.84. The number of aromatic nitrogens is 3. The van der Waals surface area contributed by atoms with Gasteiger partial charge in [0, 0.05) is 47.5 Å². The maximum absolute atomic E-state index is 13.4. The topological polar surface area (TPSA) is 47.7 Å². The van der Waals surface area contributed by atoms with E-state index < -0.39 is 0 Å². The SMILES string of the molecule is Cc1c(CN2CC[C@@H](c3ccn[nH]3)C2)[nH]c2ccc(F)cc12. The molecule has 0 bridgehead atoms. The number of rotatable bonds is 3. The summed E-state index contributed by atoms with van der Waals surface area (Å²) in [6.07, 6.45) is 2.96. The van der Waals surface area contributed by atoms with E-state index in [-0.39, 0.29) is 5.82 Å². The van der Waals surface area contributed by atoms with Crippen molar-refractivity contribution in [2.45, 2.75) is 25.8 Å². The zero-order valence-corrected chi connectivity index (χ0v) is 12.6. The molecule has 2 aromatic heterocycles. The molecule has 22 heavy (non-hydrogen) atoms. The molecule has 4 rings (SSSR count). The van der Waals surface area contributed by atoms with Gasteiger partial charge in [0.15, 0.2) is 0 Å². The lowest BCUT2D eigenvalue weighted by atomic mass is 10.1. The van der Waals surface area contributed by atoms with Crippen molar-refractivity contribution in [3.05, 3.63) is 53.2 Å². The monoisotopic (exact) mass is 298 g/mol. The molecule has 3 aromatic rings. The second-order valence-corrected chi connectivity index (χ2v) is 6.15. The summed E-state index contributed by atoms with van der Waals surface area (Å²) < 4.78 is 13.4. The number of hydrogen-bond donors (Lipinski definition) is 2. The average molecular weight is 298 g/mol. The molecule has 114 valence electrons. The highest BCUT2D eigenvalue weighted by Crippen LogP contribution is 2.29. The molecule has 1 aromatic carbocycles. The zero-order chi connectivity index (χ0) is 15.1. The van der Waals surface area contributed by atoms with E-state index in [1.54, 1.807) is 6.07 Å². The van der Waals surface area contributed by atoms with E-state index in [2.05, 4.69) is 33.1 Å². The number of aromatic amines is 2. The molecule has 0 aliphatic carbocycles. The van der Waals surface area contributed by atoms with E-state index in [4.69, 9.17) is 0 Å². The van der Waals surface area contributed by atoms with Gasteiger partial charge in [-0.15, -0.1) is 0 Å². The Balaban J connectivity index is 1.53. The molecule has 4 nitrogen and oxygen atoms in total. The summed E-state index contributed by atoms with van der Waals surface area (Å²) in [6.45, 7) is 5.06. The minimum absolute atomic E-state index is 0.179. The maximum Gasteiger partial charge on any atom is 0.123 e. The molecule has 0 unspecified atom stereocenters. The molecule has 5 heteroatoms. The van der Waals surface area contributed by atoms with Crippen LogP contribution in [0.2, 0.25) is 0 Å². The number of aryl methyl sites for hydroxylation is 1. The van der Waals surface area contributed by atoms with Crippen LogP contribution < -0.4 is 0 Å². The number of nitrogens with one attached hydrogen (secondary N) is 2. The first kappa shape index (κ1) is 13.5. The summed E-state index contributed by atoms with van der Waals surface area (Å²) in [6, 6.07) is 7.00. The van der Waals surface area contributed by atoms with Crippen molar-refractivity contribution in [2.24, 2.45) is 0 Å². The summed E-state index contributed by atoms with van der Waals surface area (Å²) >= 11 is 0. The van der Waals surface area contributed by atoms with E-state index in [0.717, 1.165) is 42.5 Å². The Labute approximate surface area is 128 Å². The van der Waals surface area contributed by atoms with Crippen LogP contribution in [0.5, 0.6) is 0 Å². The molecule has 0 radical (unpaired) electrons. The van der Waals surface area contributed by atoms with Gasteiger partial charge in [-0.2, -0.15) is 5.10 Å². The van der Waals surface area contributed by atoms with Crippen LogP contribution >= 0.6 is 0 Å². The number of benzene rings is 1. The van der Waals surface area contributed by atoms with Gasteiger partial charge in [-0.3, -0.25) is 10.00 Å². The predicted molar refractivity (Wildman–Crippen MR) is 84.2 cm³/mol. The first-order valence-corrected chi connectivity index (χ1v) is 7.69. The first-order chi connectivity index (χ1) is 10.7. The molecule has 3 heterocycles. The molecule has 1 aliphatic heterocycles. The second kappa shape index (κ2) is 5.25. The number of likely N-dealkylation sites (tertiary alicyclic amines) is 1. The minimum atomic E-state index is -0.179. The van der Waals surface area contributed by atoms with Crippen molar-refractivity contribution in [1.82, 2.24) is 20.1 Å². The van der Waals surface area contributed by atoms with Crippen LogP contribution in [0.1, 0.15) is 29.3 Å². The third-order valence-electron chi connectivity index (χ3n) is 4.74. The first-order valence-electron chi connectivity index (χ1n) is 7.69. The van der Waals surface area contributed by atoms with E-state index in [0.29, 0.717) is 5.92 Å². The molecule has 0 amide bonds. The molecule has 1 aliphatic rings. The highest BCUT2D eigenvalue weighted by atomic mass is 19.1. The van der Waals surface area contributed by atoms with E-state index in [1.807, 2.05) is 12.3 Å². The highest BCUT2D eigenvalue weighted by Gasteiger charge is 2.25. The van der Waals surface area contributed by atoms with Gasteiger partial charge in [0.2, 0.25) is 0 Å². The lowest BCUT2D eigenvalue weighted by Gasteiger charge is -2.15. The third-order valence-corrected chi connectivity index (χ3v) is 4.74. The van der Waals surface area contributed by atoms with Gasteiger partial charge in [-0.25, -0.2) is 4.39 Å². The largest absolute Gasteiger partial charge is 0.357 e. The Morgan fingerprint density at radius 2 is 2.27 bits per heavy atom. The van der Waals surface area contributed by atoms with Crippen molar-refractivity contribution in [1.29, 1.82) is 0 Å². The molecule has 0 saturated carbocycles. The average Bonchev–Trinajstić information content (AvgIpc) is 3.22. The van der Waals surface area contributed by atoms with Gasteiger partial charge in [0.05, 0.1) is 0 Å². The summed E-state index contributed by atoms with van der Waals surface area (Å²) in [4.78, 5) is 5.88. The number of nitrogens with zero attached hydrogens (tertiary/aromatic N) is 2. The third kappa shape index (κ3) is 2.31. The van der Waals surface area contributed by atoms with E-state index in [9.17, 15) is 4.39 Å². The fraction of sp³-hybridized carbons (Fsp3) is 0.353. The van der Waals surface area contributed by atoms with Crippen molar-refractivity contribution in [3.8, 4) is 0 Å². The molecule has 0 spiro atoms. The lowest BCUT2D eigenvalue weighted by molar-refractivity contribution is 0.322. The standard InChI is InChI=1S/C17H19FN4/c1-11-14-8-13(18)2-3-16(14)20-17(11)10-22-7-5-12(9-22)15-4-6-19-21-15/h2-4,6,8,12,20H,5,7,9-10H2,1H3,(H,19,21)/t12-/m1/s1. The Hall–Kier alpha value is -2.14. The summed E-state index contributed by atoms with van der Waals surface area (Å²) in [5, 5.41) is 8.10. The van der Waals surface area contributed by atoms with Gasteiger partial charge < -0.3 is 4.98 Å². The van der Waals surface area contributed by atoms with Gasteiger partial charge in [-0.1, -0.05) is 0 Å². The Bertz CT molecular complexity index is 790. The van der Waals surface area contributed by atoms with Crippen LogP contribution in [0.4, 0.5) is 4.39 Å². The zero-order valence-electron chi connectivity index (χ0n) is 12.6. The van der Waals surface area contributed by atoms with Crippen molar-refractivity contribution in [2.75, 3.05) is 13.1 Å². The molecule has 1 atom stereocenters. The second-order valence-electron chi connectivity index (χ2n) is 6.15. The quantitative estimate of drug-likeness (QED) is 0.779. The van der Waals surface area contributed by atoms with Crippen LogP contribution in [0.25, 0.3) is 10.9 Å². The molecule has 2 N–H and O–H groups in total. The van der Waals surface area contributed by atoms with Crippen molar-refractivity contribution >= 4 is 10.9 Å². The van der Waals surface area contributed by atoms with Gasteiger partial charge in [0.1, 0.15) is 5.82 Å². The van der Waals surface area contributed by atoms with Crippen LogP contribution in [-0.2, 0) is 6.54 Å². The lowest BCUT2D eigenvalue weighted by Crippen LogP contribution is -2.20. The number of halogens is 1. The number of hydrogen-bond acceptors (Lipinski definition) is 2. The minimum Gasteiger partial charge on any atom is -0.357 e. The van der Waals surface area contributed by atoms with Crippen molar-refractivity contribution < 1.29 is 4.39 Å². The normalized spacial score (nSPS) is 19.3. The van der Waals surface area contributed by atoms with Crippen LogP contribution in [-0.4, -0.2) is 33.2 Å². The maximum atomic E-state index is 13.4. The molecule has 1 saturated heterocycles. The summed E-state index contributed by atoms with van der Waals surface area (Å²) in [5.41, 5.74) is 4.57. The fourth-order valence-corrected chi connectivity index (χ4v) is 3.46. The Morgan fingerprint density at radius 3 is 3.09 bits per heavy atom. The Morgan fingerprint density at radius 1 is 1.36 bits per heavy atom. The number of H-pyrrole nitrogens is 2. The smallest absolute Gasteiger partial charge is 0.123 e. The van der Waals surface area contributed by atoms with Crippen molar-refractivity contribution in [3.63, 3.8) is 0 Å². The van der Waals surface area contributed by atoms with E-state index in [1.165, 1.54) is 17.5 Å². The summed E-state index contributed by atoms with van der Waals surface area (Å²) in [5.74, 6) is 0.353. The van der Waals surface area contributed by atoms with Crippen LogP contribution in [0.15, 0.2) is 30.5 Å². The van der Waals surface area contributed by atoms with Gasteiger partial charge >= 0.3 is 0 Å². The molecular weight excluding hydrogens is 279 g/mol. The Kier molecular flexibility index (Phi) is 3.22. The molecule has 1 fully saturated rings. The van der Waals surface area contributed by atoms with Crippen LogP contribution in [0.3, 0.4) is 0 Å². The van der Waals surface area contributed by atoms with Crippen LogP contribution in [0, 0.1) is 12.7 Å². The van der Waals surface area contributed by atoms with E-state index >= 15 is 0 Å². The number of fused-ring (bicyclic) bond motifs is 1. The molecular formula is C17H19FN4.